The predicted molar refractivity (Wildman–Crippen MR) is 79.8 cm³/mol. The zero-order valence-corrected chi connectivity index (χ0v) is 12.8. The molecule has 0 amide bonds. The van der Waals surface area contributed by atoms with Crippen LogP contribution in [-0.4, -0.2) is 12.6 Å². The first-order valence-electron chi connectivity index (χ1n) is 8.38. The first-order valence-corrected chi connectivity index (χ1v) is 8.38. The Morgan fingerprint density at radius 3 is 2.17 bits per heavy atom. The van der Waals surface area contributed by atoms with Gasteiger partial charge in [-0.1, -0.05) is 52.9 Å². The Balaban J connectivity index is 2.06. The second-order valence-electron chi connectivity index (χ2n) is 7.32. The van der Waals surface area contributed by atoms with Gasteiger partial charge in [0.25, 0.3) is 0 Å². The molecule has 1 N–H and O–H groups in total. The van der Waals surface area contributed by atoms with E-state index < -0.39 is 0 Å². The molecule has 0 spiro atoms. The van der Waals surface area contributed by atoms with Crippen molar-refractivity contribution < 1.29 is 0 Å². The van der Waals surface area contributed by atoms with Gasteiger partial charge >= 0.3 is 0 Å². The van der Waals surface area contributed by atoms with E-state index in [1.807, 2.05) is 0 Å². The Kier molecular flexibility index (Phi) is 5.12. The first kappa shape index (κ1) is 14.4. The average Bonchev–Trinajstić information content (AvgIpc) is 2.57. The van der Waals surface area contributed by atoms with Crippen molar-refractivity contribution in [2.75, 3.05) is 6.54 Å². The van der Waals surface area contributed by atoms with Crippen molar-refractivity contribution in [1.29, 1.82) is 0 Å². The van der Waals surface area contributed by atoms with E-state index in [1.165, 1.54) is 57.8 Å². The van der Waals surface area contributed by atoms with Crippen molar-refractivity contribution in [1.82, 2.24) is 5.32 Å². The summed E-state index contributed by atoms with van der Waals surface area (Å²) in [7, 11) is 0. The Hall–Kier alpha value is -0.0400. The quantitative estimate of drug-likeness (QED) is 0.710. The summed E-state index contributed by atoms with van der Waals surface area (Å²) >= 11 is 0. The molecule has 2 rings (SSSR count). The lowest BCUT2D eigenvalue weighted by atomic mass is 9.72. The van der Waals surface area contributed by atoms with Crippen LogP contribution in [0.1, 0.15) is 78.6 Å². The van der Waals surface area contributed by atoms with Crippen LogP contribution in [0.5, 0.6) is 0 Å². The van der Waals surface area contributed by atoms with Crippen LogP contribution in [0.15, 0.2) is 0 Å². The molecule has 0 radical (unpaired) electrons. The van der Waals surface area contributed by atoms with Gasteiger partial charge in [-0.25, -0.2) is 0 Å². The summed E-state index contributed by atoms with van der Waals surface area (Å²) in [6, 6.07) is 0.797. The minimum atomic E-state index is 0.569. The maximum Gasteiger partial charge on any atom is 0.0129 e. The van der Waals surface area contributed by atoms with Crippen LogP contribution >= 0.6 is 0 Å². The summed E-state index contributed by atoms with van der Waals surface area (Å²) < 4.78 is 0. The molecular formula is C17H33N. The van der Waals surface area contributed by atoms with Gasteiger partial charge in [-0.05, 0) is 49.5 Å². The fraction of sp³-hybridized carbons (Fsp3) is 1.00. The maximum absolute atomic E-state index is 3.88. The maximum atomic E-state index is 3.88. The third-order valence-corrected chi connectivity index (χ3v) is 5.62. The zero-order chi connectivity index (χ0) is 13.0. The predicted octanol–water partition coefficient (Wildman–Crippen LogP) is 4.76. The minimum absolute atomic E-state index is 0.569. The molecule has 0 aromatic carbocycles. The van der Waals surface area contributed by atoms with Crippen LogP contribution in [-0.2, 0) is 0 Å². The largest absolute Gasteiger partial charge is 0.314 e. The van der Waals surface area contributed by atoms with E-state index >= 15 is 0 Å². The molecule has 2 saturated carbocycles. The lowest BCUT2D eigenvalue weighted by molar-refractivity contribution is 0.145. The van der Waals surface area contributed by atoms with Gasteiger partial charge in [0, 0.05) is 6.04 Å². The fourth-order valence-electron chi connectivity index (χ4n) is 4.56. The molecule has 2 fully saturated rings. The van der Waals surface area contributed by atoms with Crippen LogP contribution in [0.3, 0.4) is 0 Å². The van der Waals surface area contributed by atoms with Crippen molar-refractivity contribution in [2.45, 2.75) is 84.6 Å². The van der Waals surface area contributed by atoms with E-state index in [-0.39, 0.29) is 0 Å². The molecule has 0 heterocycles. The van der Waals surface area contributed by atoms with Crippen LogP contribution < -0.4 is 5.32 Å². The van der Waals surface area contributed by atoms with E-state index in [0.29, 0.717) is 5.41 Å². The summed E-state index contributed by atoms with van der Waals surface area (Å²) in [5.74, 6) is 1.87. The summed E-state index contributed by atoms with van der Waals surface area (Å²) in [5, 5.41) is 3.88. The van der Waals surface area contributed by atoms with Crippen molar-refractivity contribution in [3.63, 3.8) is 0 Å². The van der Waals surface area contributed by atoms with Crippen LogP contribution in [0.2, 0.25) is 0 Å². The molecule has 106 valence electrons. The average molecular weight is 251 g/mol. The van der Waals surface area contributed by atoms with Gasteiger partial charge in [0.1, 0.15) is 0 Å². The number of hydrogen-bond acceptors (Lipinski definition) is 1. The molecule has 1 heteroatoms. The summed E-state index contributed by atoms with van der Waals surface area (Å²) in [4.78, 5) is 0. The van der Waals surface area contributed by atoms with Gasteiger partial charge in [0.05, 0.1) is 0 Å². The molecular weight excluding hydrogens is 218 g/mol. The number of nitrogens with one attached hydrogen (secondary N) is 1. The van der Waals surface area contributed by atoms with E-state index in [4.69, 9.17) is 0 Å². The molecule has 18 heavy (non-hydrogen) atoms. The topological polar surface area (TPSA) is 12.0 Å². The highest BCUT2D eigenvalue weighted by Gasteiger charge is 2.41. The van der Waals surface area contributed by atoms with Crippen molar-refractivity contribution in [3.05, 3.63) is 0 Å². The number of hydrogen-bond donors (Lipinski definition) is 1. The summed E-state index contributed by atoms with van der Waals surface area (Å²) in [6.07, 6.45) is 13.2. The van der Waals surface area contributed by atoms with E-state index in [1.54, 1.807) is 0 Å². The van der Waals surface area contributed by atoms with Gasteiger partial charge in [-0.15, -0.1) is 0 Å². The second kappa shape index (κ2) is 6.41. The molecule has 0 bridgehead atoms. The number of rotatable bonds is 4. The molecule has 2 aliphatic carbocycles. The molecule has 1 nitrogen and oxygen atoms in total. The molecule has 2 atom stereocenters. The zero-order valence-electron chi connectivity index (χ0n) is 12.8. The van der Waals surface area contributed by atoms with Crippen molar-refractivity contribution >= 4 is 0 Å². The molecule has 0 aromatic rings. The minimum Gasteiger partial charge on any atom is -0.314 e. The van der Waals surface area contributed by atoms with E-state index in [2.05, 4.69) is 26.1 Å². The van der Waals surface area contributed by atoms with Crippen molar-refractivity contribution in [3.8, 4) is 0 Å². The highest BCUT2D eigenvalue weighted by atomic mass is 14.9. The Morgan fingerprint density at radius 2 is 1.67 bits per heavy atom. The molecule has 0 saturated heterocycles. The van der Waals surface area contributed by atoms with Crippen molar-refractivity contribution in [2.24, 2.45) is 17.3 Å². The lowest BCUT2D eigenvalue weighted by Crippen LogP contribution is -2.45. The third-order valence-electron chi connectivity index (χ3n) is 5.62. The monoisotopic (exact) mass is 251 g/mol. The third kappa shape index (κ3) is 3.29. The molecule has 0 aromatic heterocycles. The normalized spacial score (nSPS) is 31.2. The Morgan fingerprint density at radius 1 is 1.00 bits per heavy atom. The summed E-state index contributed by atoms with van der Waals surface area (Å²) in [5.41, 5.74) is 0.569. The summed E-state index contributed by atoms with van der Waals surface area (Å²) in [6.45, 7) is 8.44. The van der Waals surface area contributed by atoms with Gasteiger partial charge < -0.3 is 5.32 Å². The van der Waals surface area contributed by atoms with Crippen LogP contribution in [0, 0.1) is 17.3 Å². The molecule has 0 aliphatic heterocycles. The standard InChI is InChI=1S/C17H33N/c1-4-18-16(14-10-7-5-6-8-11-14)15-12-9-13-17(15,2)3/h14-16,18H,4-13H2,1-3H3. The fourth-order valence-corrected chi connectivity index (χ4v) is 4.56. The van der Waals surface area contributed by atoms with Gasteiger partial charge in [-0.3, -0.25) is 0 Å². The van der Waals surface area contributed by atoms with Gasteiger partial charge in [0.2, 0.25) is 0 Å². The van der Waals surface area contributed by atoms with Crippen LogP contribution in [0.25, 0.3) is 0 Å². The van der Waals surface area contributed by atoms with Gasteiger partial charge in [0.15, 0.2) is 0 Å². The Bertz CT molecular complexity index is 238. The van der Waals surface area contributed by atoms with Gasteiger partial charge in [-0.2, -0.15) is 0 Å². The van der Waals surface area contributed by atoms with Crippen LogP contribution in [0.4, 0.5) is 0 Å². The lowest BCUT2D eigenvalue weighted by Gasteiger charge is -2.39. The Labute approximate surface area is 114 Å². The SMILES string of the molecule is CCNC(C1CCCCCC1)C1CCCC1(C)C. The highest BCUT2D eigenvalue weighted by Crippen LogP contribution is 2.47. The smallest absolute Gasteiger partial charge is 0.0129 e. The van der Waals surface area contributed by atoms with E-state index in [9.17, 15) is 0 Å². The molecule has 2 unspecified atom stereocenters. The second-order valence-corrected chi connectivity index (χ2v) is 7.32. The van der Waals surface area contributed by atoms with E-state index in [0.717, 1.165) is 24.4 Å². The molecule has 2 aliphatic rings. The first-order chi connectivity index (χ1) is 8.65. The highest BCUT2D eigenvalue weighted by molar-refractivity contribution is 4.95.